The van der Waals surface area contributed by atoms with Crippen LogP contribution in [0.25, 0.3) is 0 Å². The standard InChI is InChI=1S/C26H32ClN3O2S/c27-24-8-4-7-21-22(24)13-14-25-23(21)15-26(30-25)28-16-18-9-11-19(12-10-18)17-29-33(31,32)20-5-2-1-3-6-20/h1-8,18-19,23,25,29H,9-17H2,(H,28,30). The van der Waals surface area contributed by atoms with Crippen molar-refractivity contribution in [1.29, 1.82) is 0 Å². The second-order valence-electron chi connectivity index (χ2n) is 9.75. The third-order valence-electron chi connectivity index (χ3n) is 7.63. The summed E-state index contributed by atoms with van der Waals surface area (Å²) in [7, 11) is -3.42. The number of fused-ring (bicyclic) bond motifs is 3. The average molecular weight is 486 g/mol. The van der Waals surface area contributed by atoms with Crippen LogP contribution in [0.4, 0.5) is 0 Å². The topological polar surface area (TPSA) is 70.6 Å². The SMILES string of the molecule is O=S(=O)(NCC1CCC(CN=C2CC3c4cccc(Cl)c4CCC3N2)CC1)c1ccccc1. The van der Waals surface area contributed by atoms with Crippen LogP contribution >= 0.6 is 11.6 Å². The number of benzene rings is 2. The molecule has 1 saturated heterocycles. The molecule has 176 valence electrons. The molecule has 5 rings (SSSR count). The maximum atomic E-state index is 12.4. The van der Waals surface area contributed by atoms with Crippen LogP contribution < -0.4 is 10.0 Å². The molecule has 0 aromatic heterocycles. The maximum Gasteiger partial charge on any atom is 0.240 e. The fraction of sp³-hybridized carbons (Fsp3) is 0.500. The number of aliphatic imine (C=N–C) groups is 1. The van der Waals surface area contributed by atoms with E-state index in [1.165, 1.54) is 11.1 Å². The smallest absolute Gasteiger partial charge is 0.240 e. The van der Waals surface area contributed by atoms with Gasteiger partial charge < -0.3 is 5.32 Å². The molecule has 33 heavy (non-hydrogen) atoms. The van der Waals surface area contributed by atoms with Crippen molar-refractivity contribution in [2.75, 3.05) is 13.1 Å². The van der Waals surface area contributed by atoms with E-state index in [2.05, 4.69) is 22.2 Å². The zero-order valence-electron chi connectivity index (χ0n) is 18.8. The van der Waals surface area contributed by atoms with E-state index in [1.807, 2.05) is 12.1 Å². The van der Waals surface area contributed by atoms with Crippen LogP contribution in [0.3, 0.4) is 0 Å². The van der Waals surface area contributed by atoms with E-state index < -0.39 is 10.0 Å². The zero-order valence-corrected chi connectivity index (χ0v) is 20.4. The quantitative estimate of drug-likeness (QED) is 0.610. The van der Waals surface area contributed by atoms with Gasteiger partial charge in [0.2, 0.25) is 10.0 Å². The van der Waals surface area contributed by atoms with Gasteiger partial charge in [-0.3, -0.25) is 4.99 Å². The van der Waals surface area contributed by atoms with Crippen molar-refractivity contribution < 1.29 is 8.42 Å². The van der Waals surface area contributed by atoms with E-state index in [1.54, 1.807) is 24.3 Å². The second kappa shape index (κ2) is 9.77. The summed E-state index contributed by atoms with van der Waals surface area (Å²) < 4.78 is 27.7. The number of hydrogen-bond donors (Lipinski definition) is 2. The maximum absolute atomic E-state index is 12.4. The summed E-state index contributed by atoms with van der Waals surface area (Å²) in [6.07, 6.45) is 7.46. The molecule has 3 aliphatic rings. The minimum absolute atomic E-state index is 0.337. The minimum atomic E-state index is -3.42. The summed E-state index contributed by atoms with van der Waals surface area (Å²) in [5, 5.41) is 4.59. The molecule has 0 amide bonds. The summed E-state index contributed by atoms with van der Waals surface area (Å²) in [6.45, 7) is 1.39. The molecule has 7 heteroatoms. The van der Waals surface area contributed by atoms with Crippen molar-refractivity contribution >= 4 is 27.5 Å². The van der Waals surface area contributed by atoms with Crippen LogP contribution in [-0.4, -0.2) is 33.4 Å². The molecule has 1 heterocycles. The number of amidine groups is 1. The Morgan fingerprint density at radius 3 is 2.52 bits per heavy atom. The monoisotopic (exact) mass is 485 g/mol. The third kappa shape index (κ3) is 5.13. The van der Waals surface area contributed by atoms with Gasteiger partial charge in [0.25, 0.3) is 0 Å². The van der Waals surface area contributed by atoms with Gasteiger partial charge in [0.05, 0.1) is 10.7 Å². The first-order valence-corrected chi connectivity index (χ1v) is 14.0. The van der Waals surface area contributed by atoms with E-state index in [0.717, 1.165) is 62.3 Å². The molecule has 2 aliphatic carbocycles. The highest BCUT2D eigenvalue weighted by Crippen LogP contribution is 2.40. The van der Waals surface area contributed by atoms with Crippen LogP contribution in [0.1, 0.15) is 55.6 Å². The van der Waals surface area contributed by atoms with Gasteiger partial charge in [-0.2, -0.15) is 0 Å². The lowest BCUT2D eigenvalue weighted by Crippen LogP contribution is -2.32. The van der Waals surface area contributed by atoms with Gasteiger partial charge >= 0.3 is 0 Å². The Hall–Kier alpha value is -1.89. The predicted molar refractivity (Wildman–Crippen MR) is 133 cm³/mol. The molecule has 1 saturated carbocycles. The number of rotatable bonds is 6. The Morgan fingerprint density at radius 1 is 0.970 bits per heavy atom. The van der Waals surface area contributed by atoms with Crippen molar-refractivity contribution in [3.05, 3.63) is 64.7 Å². The number of hydrogen-bond acceptors (Lipinski definition) is 3. The van der Waals surface area contributed by atoms with Crippen molar-refractivity contribution in [2.45, 2.75) is 61.8 Å². The van der Waals surface area contributed by atoms with Crippen molar-refractivity contribution in [3.63, 3.8) is 0 Å². The highest BCUT2D eigenvalue weighted by atomic mass is 35.5. The van der Waals surface area contributed by atoms with Crippen molar-refractivity contribution in [2.24, 2.45) is 16.8 Å². The zero-order chi connectivity index (χ0) is 22.8. The summed E-state index contributed by atoms with van der Waals surface area (Å²) in [6, 6.07) is 15.4. The third-order valence-corrected chi connectivity index (χ3v) is 9.43. The lowest BCUT2D eigenvalue weighted by molar-refractivity contribution is 0.280. The minimum Gasteiger partial charge on any atom is -0.370 e. The van der Waals surface area contributed by atoms with Gasteiger partial charge in [0.1, 0.15) is 0 Å². The Morgan fingerprint density at radius 2 is 1.73 bits per heavy atom. The normalized spacial score (nSPS) is 28.2. The molecule has 2 unspecified atom stereocenters. The molecule has 5 nitrogen and oxygen atoms in total. The van der Waals surface area contributed by atoms with Gasteiger partial charge in [0, 0.05) is 36.5 Å². The molecule has 1 aliphatic heterocycles. The molecule has 0 spiro atoms. The first-order valence-electron chi connectivity index (χ1n) is 12.1. The molecule has 0 bridgehead atoms. The van der Waals surface area contributed by atoms with E-state index in [-0.39, 0.29) is 0 Å². The molecular weight excluding hydrogens is 454 g/mol. The van der Waals surface area contributed by atoms with Crippen LogP contribution in [0.15, 0.2) is 58.4 Å². The number of sulfonamides is 1. The summed E-state index contributed by atoms with van der Waals surface area (Å²) in [5.74, 6) is 2.63. The highest BCUT2D eigenvalue weighted by molar-refractivity contribution is 7.89. The lowest BCUT2D eigenvalue weighted by Gasteiger charge is -2.28. The molecule has 2 atom stereocenters. The molecule has 2 aromatic carbocycles. The van der Waals surface area contributed by atoms with Gasteiger partial charge in [0.15, 0.2) is 0 Å². The van der Waals surface area contributed by atoms with Crippen LogP contribution in [0.5, 0.6) is 0 Å². The molecule has 0 radical (unpaired) electrons. The molecule has 2 N–H and O–H groups in total. The summed E-state index contributed by atoms with van der Waals surface area (Å²) in [5.41, 5.74) is 2.72. The first kappa shape index (κ1) is 22.9. The van der Waals surface area contributed by atoms with Crippen LogP contribution in [0.2, 0.25) is 5.02 Å². The van der Waals surface area contributed by atoms with Crippen molar-refractivity contribution in [1.82, 2.24) is 10.0 Å². The Kier molecular flexibility index (Phi) is 6.77. The fourth-order valence-electron chi connectivity index (χ4n) is 5.69. The van der Waals surface area contributed by atoms with Gasteiger partial charge in [-0.25, -0.2) is 13.1 Å². The lowest BCUT2D eigenvalue weighted by atomic mass is 9.80. The predicted octanol–water partition coefficient (Wildman–Crippen LogP) is 4.92. The van der Waals surface area contributed by atoms with Crippen LogP contribution in [-0.2, 0) is 16.4 Å². The van der Waals surface area contributed by atoms with Crippen molar-refractivity contribution in [3.8, 4) is 0 Å². The highest BCUT2D eigenvalue weighted by Gasteiger charge is 2.37. The molecule has 2 aromatic rings. The molecule has 2 fully saturated rings. The average Bonchev–Trinajstić information content (AvgIpc) is 3.27. The van der Waals surface area contributed by atoms with Gasteiger partial charge in [-0.1, -0.05) is 41.9 Å². The van der Waals surface area contributed by atoms with E-state index in [4.69, 9.17) is 16.6 Å². The number of halogens is 1. The van der Waals surface area contributed by atoms with Crippen LogP contribution in [0, 0.1) is 11.8 Å². The Labute approximate surface area is 202 Å². The van der Waals surface area contributed by atoms with Gasteiger partial charge in [-0.05, 0) is 79.7 Å². The summed E-state index contributed by atoms with van der Waals surface area (Å²) in [4.78, 5) is 5.31. The van der Waals surface area contributed by atoms with E-state index >= 15 is 0 Å². The Bertz CT molecular complexity index is 1110. The number of nitrogens with zero attached hydrogens (tertiary/aromatic N) is 1. The largest absolute Gasteiger partial charge is 0.370 e. The van der Waals surface area contributed by atoms with Gasteiger partial charge in [-0.15, -0.1) is 0 Å². The Balaban J connectivity index is 1.10. The fourth-order valence-corrected chi connectivity index (χ4v) is 7.10. The van der Waals surface area contributed by atoms with E-state index in [9.17, 15) is 8.42 Å². The second-order valence-corrected chi connectivity index (χ2v) is 11.9. The summed E-state index contributed by atoms with van der Waals surface area (Å²) >= 11 is 6.43. The molecular formula is C26H32ClN3O2S. The number of nitrogens with one attached hydrogen (secondary N) is 2. The first-order chi connectivity index (χ1) is 16.0. The van der Waals surface area contributed by atoms with E-state index in [0.29, 0.717) is 35.2 Å².